The van der Waals surface area contributed by atoms with Gasteiger partial charge in [0.15, 0.2) is 0 Å². The van der Waals surface area contributed by atoms with Gasteiger partial charge in [-0.2, -0.15) is 0 Å². The standard InChI is InChI=1S/C10H19N2O2.2CH3.Al/c1-10(2,3)14-9(13)12-6-4-5-8(11)7-12;;;/h8,11H,4-7H2,1-3H3;2*1H3;/q-1;;;+1/t8-;;;/m0.../s1. The second-order valence-electron chi connectivity index (χ2n) is 6.09. The smallest absolute Gasteiger partial charge is 0.410 e. The number of carbonyl (C=O) groups excluding carboxylic acids is 1. The molecule has 0 spiro atoms. The first-order valence-corrected chi connectivity index (χ1v) is 9.40. The summed E-state index contributed by atoms with van der Waals surface area (Å²) in [6.07, 6.45) is 2.07. The molecule has 1 aliphatic rings. The van der Waals surface area contributed by atoms with E-state index in [1.807, 2.05) is 25.7 Å². The zero-order chi connectivity index (χ0) is 13.1. The predicted molar refractivity (Wildman–Crippen MR) is 71.4 cm³/mol. The number of nitrogens with one attached hydrogen (secondary N) is 1. The summed E-state index contributed by atoms with van der Waals surface area (Å²) in [4.78, 5) is 13.8. The molecule has 1 amide bonds. The Bertz CT molecular complexity index is 264. The molecule has 0 aromatic carbocycles. The average molecular weight is 256 g/mol. The van der Waals surface area contributed by atoms with E-state index in [1.165, 1.54) is 6.42 Å². The van der Waals surface area contributed by atoms with E-state index in [-0.39, 0.29) is 6.09 Å². The minimum atomic E-state index is -0.774. The maximum atomic E-state index is 11.9. The molecule has 5 heteroatoms. The van der Waals surface area contributed by atoms with Crippen LogP contribution in [0.4, 0.5) is 4.79 Å². The zero-order valence-corrected chi connectivity index (χ0v) is 12.9. The van der Waals surface area contributed by atoms with E-state index in [9.17, 15) is 4.79 Å². The SMILES string of the molecule is [CH3][Al]([CH3])[NH][C@H]1CCCN(C(=O)OC(C)(C)C)C1. The van der Waals surface area contributed by atoms with Crippen molar-refractivity contribution in [3.63, 3.8) is 0 Å². The van der Waals surface area contributed by atoms with Crippen molar-refractivity contribution in [2.75, 3.05) is 13.1 Å². The molecule has 0 unspecified atom stereocenters. The maximum absolute atomic E-state index is 11.9. The minimum Gasteiger partial charge on any atom is -0.444 e. The van der Waals surface area contributed by atoms with Crippen molar-refractivity contribution in [2.24, 2.45) is 0 Å². The third-order valence-electron chi connectivity index (χ3n) is 2.64. The van der Waals surface area contributed by atoms with Crippen molar-refractivity contribution in [1.82, 2.24) is 9.20 Å². The number of rotatable bonds is 2. The molecule has 1 rings (SSSR count). The van der Waals surface area contributed by atoms with Crippen LogP contribution in [0.25, 0.3) is 0 Å². The van der Waals surface area contributed by atoms with E-state index in [0.29, 0.717) is 6.04 Å². The van der Waals surface area contributed by atoms with Gasteiger partial charge in [-0.3, -0.25) is 0 Å². The van der Waals surface area contributed by atoms with E-state index >= 15 is 0 Å². The molecule has 0 aliphatic carbocycles. The fourth-order valence-electron chi connectivity index (χ4n) is 2.08. The summed E-state index contributed by atoms with van der Waals surface area (Å²) >= 11 is -0.774. The minimum absolute atomic E-state index is 0.172. The van der Waals surface area contributed by atoms with Gasteiger partial charge in [0.05, 0.1) is 0 Å². The van der Waals surface area contributed by atoms with Gasteiger partial charge in [0, 0.05) is 19.1 Å². The highest BCUT2D eigenvalue weighted by atomic mass is 27.2. The molecule has 0 bridgehead atoms. The molecule has 1 saturated heterocycles. The molecule has 0 aromatic rings. The third-order valence-corrected chi connectivity index (χ3v) is 3.78. The van der Waals surface area contributed by atoms with Gasteiger partial charge in [-0.15, -0.1) is 0 Å². The monoisotopic (exact) mass is 256 g/mol. The number of carbonyl (C=O) groups is 1. The van der Waals surface area contributed by atoms with E-state index in [4.69, 9.17) is 4.74 Å². The van der Waals surface area contributed by atoms with Crippen LogP contribution in [0.2, 0.25) is 11.6 Å². The fourth-order valence-corrected chi connectivity index (χ4v) is 3.29. The molecule has 1 atom stereocenters. The molecule has 1 heterocycles. The molecule has 4 nitrogen and oxygen atoms in total. The summed E-state index contributed by atoms with van der Waals surface area (Å²) in [6, 6.07) is 0.461. The van der Waals surface area contributed by atoms with Crippen LogP contribution in [0.3, 0.4) is 0 Å². The topological polar surface area (TPSA) is 41.6 Å². The van der Waals surface area contributed by atoms with Crippen LogP contribution >= 0.6 is 0 Å². The Hall–Kier alpha value is -0.238. The number of hydrogen-bond acceptors (Lipinski definition) is 3. The van der Waals surface area contributed by atoms with Crippen LogP contribution in [0.5, 0.6) is 0 Å². The van der Waals surface area contributed by atoms with Crippen LogP contribution in [-0.2, 0) is 4.74 Å². The van der Waals surface area contributed by atoms with Crippen LogP contribution < -0.4 is 4.30 Å². The lowest BCUT2D eigenvalue weighted by atomic mass is 10.1. The van der Waals surface area contributed by atoms with Crippen molar-refractivity contribution < 1.29 is 9.53 Å². The lowest BCUT2D eigenvalue weighted by molar-refractivity contribution is 0.0194. The summed E-state index contributed by atoms with van der Waals surface area (Å²) in [5, 5.41) is 0. The molecule has 1 aliphatic heterocycles. The van der Waals surface area contributed by atoms with Crippen LogP contribution in [0.1, 0.15) is 33.6 Å². The summed E-state index contributed by atoms with van der Waals surface area (Å²) in [6.45, 7) is 7.34. The van der Waals surface area contributed by atoms with Gasteiger partial charge in [0.2, 0.25) is 0 Å². The molecule has 0 radical (unpaired) electrons. The first-order valence-electron chi connectivity index (χ1n) is 6.52. The number of hydrogen-bond donors (Lipinski definition) is 1. The molecule has 0 saturated carbocycles. The predicted octanol–water partition coefficient (Wildman–Crippen LogP) is 2.23. The highest BCUT2D eigenvalue weighted by Crippen LogP contribution is 2.15. The van der Waals surface area contributed by atoms with Gasteiger partial charge in [-0.25, -0.2) is 4.79 Å². The molecule has 1 fully saturated rings. The normalized spacial score (nSPS) is 21.2. The summed E-state index contributed by atoms with van der Waals surface area (Å²) in [5.41, 5.74) is -0.399. The Morgan fingerprint density at radius 3 is 2.59 bits per heavy atom. The molecule has 98 valence electrons. The number of amides is 1. The van der Waals surface area contributed by atoms with Gasteiger partial charge >= 0.3 is 20.5 Å². The van der Waals surface area contributed by atoms with Gasteiger partial charge in [0.1, 0.15) is 5.60 Å². The quantitative estimate of drug-likeness (QED) is 0.770. The third kappa shape index (κ3) is 5.76. The maximum Gasteiger partial charge on any atom is 0.410 e. The van der Waals surface area contributed by atoms with Crippen molar-refractivity contribution in [2.45, 2.75) is 56.8 Å². The van der Waals surface area contributed by atoms with Gasteiger partial charge in [-0.1, -0.05) is 11.6 Å². The molecule has 0 aromatic heterocycles. The molecular weight excluding hydrogens is 231 g/mol. The van der Waals surface area contributed by atoms with Crippen molar-refractivity contribution >= 4 is 20.5 Å². The van der Waals surface area contributed by atoms with Crippen LogP contribution in [0.15, 0.2) is 0 Å². The molecule has 17 heavy (non-hydrogen) atoms. The Morgan fingerprint density at radius 2 is 2.06 bits per heavy atom. The largest absolute Gasteiger partial charge is 0.444 e. The highest BCUT2D eigenvalue weighted by molar-refractivity contribution is 6.52. The van der Waals surface area contributed by atoms with E-state index < -0.39 is 20.0 Å². The van der Waals surface area contributed by atoms with E-state index in [0.717, 1.165) is 19.5 Å². The first kappa shape index (κ1) is 14.8. The number of likely N-dealkylation sites (tertiary alicyclic amines) is 1. The Morgan fingerprint density at radius 1 is 1.41 bits per heavy atom. The van der Waals surface area contributed by atoms with Gasteiger partial charge in [-0.05, 0) is 33.6 Å². The Labute approximate surface area is 109 Å². The Kier molecular flexibility index (Phi) is 5.30. The summed E-state index contributed by atoms with van der Waals surface area (Å²) in [5.74, 6) is 4.54. The Balaban J connectivity index is 2.46. The van der Waals surface area contributed by atoms with Gasteiger partial charge in [0.25, 0.3) is 0 Å². The van der Waals surface area contributed by atoms with Crippen LogP contribution in [-0.4, -0.2) is 50.1 Å². The fraction of sp³-hybridized carbons (Fsp3) is 0.917. The van der Waals surface area contributed by atoms with E-state index in [2.05, 4.69) is 15.9 Å². The van der Waals surface area contributed by atoms with Crippen molar-refractivity contribution in [3.05, 3.63) is 0 Å². The number of piperidine rings is 1. The van der Waals surface area contributed by atoms with Gasteiger partial charge < -0.3 is 13.9 Å². The summed E-state index contributed by atoms with van der Waals surface area (Å²) < 4.78 is 9.02. The second-order valence-corrected chi connectivity index (χ2v) is 8.73. The van der Waals surface area contributed by atoms with Crippen molar-refractivity contribution in [3.8, 4) is 0 Å². The molecule has 1 N–H and O–H groups in total. The average Bonchev–Trinajstić information content (AvgIpc) is 2.14. The lowest BCUT2D eigenvalue weighted by Gasteiger charge is -2.35. The van der Waals surface area contributed by atoms with Crippen molar-refractivity contribution in [1.29, 1.82) is 0 Å². The first-order chi connectivity index (χ1) is 7.78. The lowest BCUT2D eigenvalue weighted by Crippen LogP contribution is -2.51. The second kappa shape index (κ2) is 6.08. The zero-order valence-electron chi connectivity index (χ0n) is 11.7. The highest BCUT2D eigenvalue weighted by Gasteiger charge is 2.27. The summed E-state index contributed by atoms with van der Waals surface area (Å²) in [7, 11) is 0. The molecular formula is C12H25AlN2O2. The number of ether oxygens (including phenoxy) is 1. The van der Waals surface area contributed by atoms with E-state index in [1.54, 1.807) is 0 Å². The van der Waals surface area contributed by atoms with Crippen LogP contribution in [0, 0.1) is 0 Å². The number of nitrogens with zero attached hydrogens (tertiary/aromatic N) is 1.